The van der Waals surface area contributed by atoms with Crippen molar-refractivity contribution in [1.29, 1.82) is 0 Å². The Labute approximate surface area is 139 Å². The molecule has 21 heavy (non-hydrogen) atoms. The van der Waals surface area contributed by atoms with E-state index in [9.17, 15) is 9.59 Å². The van der Waals surface area contributed by atoms with E-state index in [0.717, 1.165) is 15.6 Å². The minimum atomic E-state index is -0.223. The fraction of sp³-hybridized carbons (Fsp3) is 0.125. The van der Waals surface area contributed by atoms with Crippen molar-refractivity contribution in [2.24, 2.45) is 0 Å². The van der Waals surface area contributed by atoms with E-state index >= 15 is 0 Å². The third-order valence-corrected chi connectivity index (χ3v) is 4.85. The third kappa shape index (κ3) is 2.56. The maximum atomic E-state index is 12.3. The van der Waals surface area contributed by atoms with Crippen LogP contribution in [0.15, 0.2) is 46.9 Å². The second-order valence-electron chi connectivity index (χ2n) is 4.80. The molecule has 3 rings (SSSR count). The summed E-state index contributed by atoms with van der Waals surface area (Å²) in [6.07, 6.45) is 0. The molecule has 106 valence electrons. The second-order valence-corrected chi connectivity index (χ2v) is 6.22. The van der Waals surface area contributed by atoms with Gasteiger partial charge in [-0.15, -0.1) is 0 Å². The van der Waals surface area contributed by atoms with Crippen LogP contribution >= 0.6 is 31.9 Å². The molecule has 5 heteroatoms. The Balaban J connectivity index is 1.90. The molecule has 1 aliphatic heterocycles. The van der Waals surface area contributed by atoms with Gasteiger partial charge in [0.1, 0.15) is 0 Å². The van der Waals surface area contributed by atoms with E-state index in [1.165, 1.54) is 4.90 Å². The van der Waals surface area contributed by atoms with Crippen LogP contribution in [0.4, 0.5) is 0 Å². The highest BCUT2D eigenvalue weighted by molar-refractivity contribution is 9.10. The van der Waals surface area contributed by atoms with Gasteiger partial charge in [0.25, 0.3) is 11.8 Å². The molecule has 0 bridgehead atoms. The number of nitrogens with zero attached hydrogens (tertiary/aromatic N) is 1. The Morgan fingerprint density at radius 3 is 2.14 bits per heavy atom. The van der Waals surface area contributed by atoms with Gasteiger partial charge >= 0.3 is 0 Å². The number of hydrogen-bond acceptors (Lipinski definition) is 2. The Morgan fingerprint density at radius 2 is 1.57 bits per heavy atom. The molecule has 0 fully saturated rings. The molecule has 0 unspecified atom stereocenters. The van der Waals surface area contributed by atoms with Gasteiger partial charge in [-0.05, 0) is 29.3 Å². The quantitative estimate of drug-likeness (QED) is 0.565. The van der Waals surface area contributed by atoms with Crippen molar-refractivity contribution in [2.75, 3.05) is 0 Å². The minimum absolute atomic E-state index is 0.223. The lowest BCUT2D eigenvalue weighted by Gasteiger charge is -2.14. The van der Waals surface area contributed by atoms with Crippen molar-refractivity contribution in [3.63, 3.8) is 0 Å². The smallest absolute Gasteiger partial charge is 0.261 e. The maximum Gasteiger partial charge on any atom is 0.261 e. The van der Waals surface area contributed by atoms with E-state index in [0.29, 0.717) is 23.0 Å². The van der Waals surface area contributed by atoms with Gasteiger partial charge in [-0.1, -0.05) is 56.1 Å². The molecule has 0 N–H and O–H groups in total. The van der Waals surface area contributed by atoms with Crippen LogP contribution in [0.1, 0.15) is 31.8 Å². The van der Waals surface area contributed by atoms with Crippen LogP contribution in [-0.2, 0) is 11.9 Å². The van der Waals surface area contributed by atoms with Gasteiger partial charge in [0.05, 0.1) is 17.7 Å². The fourth-order valence-corrected chi connectivity index (χ4v) is 3.62. The fourth-order valence-electron chi connectivity index (χ4n) is 2.39. The Morgan fingerprint density at radius 1 is 0.952 bits per heavy atom. The average Bonchev–Trinajstić information content (AvgIpc) is 2.74. The number of benzene rings is 2. The summed E-state index contributed by atoms with van der Waals surface area (Å²) < 4.78 is 1.01. The van der Waals surface area contributed by atoms with E-state index in [2.05, 4.69) is 31.9 Å². The lowest BCUT2D eigenvalue weighted by molar-refractivity contribution is 0.0642. The summed E-state index contributed by atoms with van der Waals surface area (Å²) >= 11 is 6.90. The zero-order chi connectivity index (χ0) is 15.0. The van der Waals surface area contributed by atoms with Crippen LogP contribution in [0.5, 0.6) is 0 Å². The van der Waals surface area contributed by atoms with E-state index in [-0.39, 0.29) is 11.8 Å². The topological polar surface area (TPSA) is 37.4 Å². The van der Waals surface area contributed by atoms with Crippen LogP contribution in [-0.4, -0.2) is 16.7 Å². The summed E-state index contributed by atoms with van der Waals surface area (Å²) in [6.45, 7) is 0.291. The molecule has 2 aromatic carbocycles. The van der Waals surface area contributed by atoms with Crippen LogP contribution in [0.3, 0.4) is 0 Å². The first-order chi connectivity index (χ1) is 10.1. The number of rotatable bonds is 3. The molecule has 0 aliphatic carbocycles. The van der Waals surface area contributed by atoms with Crippen molar-refractivity contribution >= 4 is 43.7 Å². The largest absolute Gasteiger partial charge is 0.270 e. The summed E-state index contributed by atoms with van der Waals surface area (Å²) in [5, 5.41) is 0.712. The Hall–Kier alpha value is -1.46. The van der Waals surface area contributed by atoms with Gasteiger partial charge in [0.2, 0.25) is 0 Å². The lowest BCUT2D eigenvalue weighted by Crippen LogP contribution is -2.29. The first-order valence-electron chi connectivity index (χ1n) is 6.40. The monoisotopic (exact) mass is 407 g/mol. The first-order valence-corrected chi connectivity index (χ1v) is 8.31. The molecule has 1 aliphatic rings. The summed E-state index contributed by atoms with van der Waals surface area (Å²) in [7, 11) is 0. The first kappa shape index (κ1) is 14.5. The zero-order valence-electron chi connectivity index (χ0n) is 11.0. The molecule has 0 saturated heterocycles. The standard InChI is InChI=1S/C16H11Br2NO2/c17-8-11-7-10(5-6-14(11)18)9-19-15(20)12-3-1-2-4-13(12)16(19)21/h1-7H,8-9H2. The highest BCUT2D eigenvalue weighted by Crippen LogP contribution is 2.26. The summed E-state index contributed by atoms with van der Waals surface area (Å²) in [5.41, 5.74) is 2.99. The van der Waals surface area contributed by atoms with E-state index in [4.69, 9.17) is 0 Å². The summed E-state index contributed by atoms with van der Waals surface area (Å²) in [6, 6.07) is 12.8. The molecule has 0 atom stereocenters. The van der Waals surface area contributed by atoms with Crippen LogP contribution in [0.2, 0.25) is 0 Å². The van der Waals surface area contributed by atoms with Crippen LogP contribution in [0, 0.1) is 0 Å². The van der Waals surface area contributed by atoms with Crippen molar-refractivity contribution in [3.8, 4) is 0 Å². The lowest BCUT2D eigenvalue weighted by atomic mass is 10.1. The van der Waals surface area contributed by atoms with Gasteiger partial charge in [0, 0.05) is 9.80 Å². The maximum absolute atomic E-state index is 12.3. The molecule has 0 aromatic heterocycles. The van der Waals surface area contributed by atoms with Crippen LogP contribution in [0.25, 0.3) is 0 Å². The highest BCUT2D eigenvalue weighted by Gasteiger charge is 2.34. The molecule has 2 aromatic rings. The number of carbonyl (C=O) groups excluding carboxylic acids is 2. The highest BCUT2D eigenvalue weighted by atomic mass is 79.9. The normalized spacial score (nSPS) is 13.7. The minimum Gasteiger partial charge on any atom is -0.270 e. The molecule has 2 amide bonds. The SMILES string of the molecule is O=C1c2ccccc2C(=O)N1Cc1ccc(Br)c(CBr)c1. The number of hydrogen-bond donors (Lipinski definition) is 0. The van der Waals surface area contributed by atoms with E-state index in [1.54, 1.807) is 24.3 Å². The number of carbonyl (C=O) groups is 2. The molecule has 1 heterocycles. The van der Waals surface area contributed by atoms with E-state index < -0.39 is 0 Å². The number of imide groups is 1. The molecular weight excluding hydrogens is 398 g/mol. The van der Waals surface area contributed by atoms with Gasteiger partial charge in [-0.2, -0.15) is 0 Å². The van der Waals surface area contributed by atoms with Crippen molar-refractivity contribution < 1.29 is 9.59 Å². The molecule has 0 radical (unpaired) electrons. The predicted molar refractivity (Wildman–Crippen MR) is 87.4 cm³/mol. The Bertz CT molecular complexity index is 708. The molecule has 3 nitrogen and oxygen atoms in total. The van der Waals surface area contributed by atoms with Crippen molar-refractivity contribution in [2.45, 2.75) is 11.9 Å². The second kappa shape index (κ2) is 5.73. The van der Waals surface area contributed by atoms with Gasteiger partial charge in [0.15, 0.2) is 0 Å². The number of amides is 2. The average molecular weight is 409 g/mol. The van der Waals surface area contributed by atoms with Crippen molar-refractivity contribution in [3.05, 3.63) is 69.2 Å². The molecule has 0 spiro atoms. The van der Waals surface area contributed by atoms with Gasteiger partial charge in [-0.25, -0.2) is 0 Å². The number of alkyl halides is 1. The van der Waals surface area contributed by atoms with Gasteiger partial charge in [-0.3, -0.25) is 14.5 Å². The van der Waals surface area contributed by atoms with Crippen LogP contribution < -0.4 is 0 Å². The summed E-state index contributed by atoms with van der Waals surface area (Å²) in [5.74, 6) is -0.446. The molecule has 0 saturated carbocycles. The predicted octanol–water partition coefficient (Wildman–Crippen LogP) is 4.14. The van der Waals surface area contributed by atoms with Gasteiger partial charge < -0.3 is 0 Å². The van der Waals surface area contributed by atoms with Crippen molar-refractivity contribution in [1.82, 2.24) is 4.90 Å². The Kier molecular flexibility index (Phi) is 3.95. The zero-order valence-corrected chi connectivity index (χ0v) is 14.1. The number of fused-ring (bicyclic) bond motifs is 1. The molecular formula is C16H11Br2NO2. The third-order valence-electron chi connectivity index (χ3n) is 3.47. The summed E-state index contributed by atoms with van der Waals surface area (Å²) in [4.78, 5) is 25.9. The van der Waals surface area contributed by atoms with E-state index in [1.807, 2.05) is 18.2 Å². The number of halogens is 2.